The molecule has 1 aromatic rings. The van der Waals surface area contributed by atoms with E-state index in [1.54, 1.807) is 0 Å². The number of hydrogen-bond acceptors (Lipinski definition) is 8. The molecule has 1 aromatic carbocycles. The molecule has 74 heavy (non-hydrogen) atoms. The van der Waals surface area contributed by atoms with Crippen LogP contribution in [0, 0.1) is 5.41 Å². The topological polar surface area (TPSA) is 111 Å². The number of aliphatic hydroxyl groups is 1. The molecule has 0 fully saturated rings. The number of unbranched alkanes of at least 4 members (excludes halogenated alkanes) is 18. The number of amides is 2. The van der Waals surface area contributed by atoms with Crippen LogP contribution in [0.2, 0.25) is 0 Å². The molecule has 0 bridgehead atoms. The van der Waals surface area contributed by atoms with Gasteiger partial charge >= 0.3 is 0 Å². The first kappa shape index (κ1) is 63.3. The van der Waals surface area contributed by atoms with E-state index >= 15 is 4.79 Å². The first-order valence-electron chi connectivity index (χ1n) is 30.0. The van der Waals surface area contributed by atoms with Gasteiger partial charge in [-0.15, -0.1) is 0 Å². The second kappa shape index (κ2) is 32.5. The van der Waals surface area contributed by atoms with Crippen molar-refractivity contribution in [3.8, 4) is 0 Å². The number of allylic oxidation sites excluding steroid dienone is 5. The molecule has 3 N–H and O–H groups in total. The van der Waals surface area contributed by atoms with Crippen LogP contribution >= 0.6 is 23.5 Å². The molecule has 10 heteroatoms. The number of fused-ring (bicyclic) bond motifs is 1. The lowest BCUT2D eigenvalue weighted by molar-refractivity contribution is -0.120. The van der Waals surface area contributed by atoms with E-state index in [1.807, 2.05) is 35.7 Å². The standard InChI is InChI=1S/C64H104N4O4S2/c1-13-18-20-22-24-26-28-30-32-34-38-73-40-36-57(69)66-53-44-55(65-46(6)15-3)51(63(9,10)17-5)42-49(53)59-61(71)60(62(59)72)50-43-52-56(68(47(7)16-4)48(8)64(52,11)12)45-54(50)67-58(70)37-41-74-39-35-33-31-29-27-25-23-21-19-14-2/h42-48,71H,13-41H2,1-12H3,(H,66,69)(H,67,70)/b59-49+,65-55+. The van der Waals surface area contributed by atoms with Gasteiger partial charge in [0.25, 0.3) is 0 Å². The van der Waals surface area contributed by atoms with Gasteiger partial charge in [0.15, 0.2) is 0 Å². The first-order chi connectivity index (χ1) is 35.5. The van der Waals surface area contributed by atoms with Crippen LogP contribution in [0.4, 0.5) is 11.4 Å². The van der Waals surface area contributed by atoms with Crippen LogP contribution < -0.4 is 15.5 Å². The van der Waals surface area contributed by atoms with Crippen LogP contribution in [0.15, 0.2) is 57.5 Å². The highest BCUT2D eigenvalue weighted by Gasteiger charge is 2.46. The fourth-order valence-corrected chi connectivity index (χ4v) is 12.4. The Hall–Kier alpha value is -3.24. The number of Topliss-reactive ketones (excluding diaryl/α,β-unsaturated/α-hetero) is 1. The van der Waals surface area contributed by atoms with Gasteiger partial charge < -0.3 is 20.6 Å². The van der Waals surface area contributed by atoms with Gasteiger partial charge in [0, 0.05) is 64.7 Å². The molecule has 0 aromatic heterocycles. The van der Waals surface area contributed by atoms with Crippen LogP contribution in [0.1, 0.15) is 255 Å². The molecule has 0 radical (unpaired) electrons. The Kier molecular flexibility index (Phi) is 27.8. The van der Waals surface area contributed by atoms with E-state index in [0.29, 0.717) is 41.1 Å². The van der Waals surface area contributed by atoms with E-state index < -0.39 is 0 Å². The number of rotatable bonds is 37. The predicted molar refractivity (Wildman–Crippen MR) is 325 cm³/mol. The zero-order valence-corrected chi connectivity index (χ0v) is 50.6. The van der Waals surface area contributed by atoms with Crippen molar-refractivity contribution in [2.75, 3.05) is 33.2 Å². The maximum Gasteiger partial charge on any atom is 0.225 e. The van der Waals surface area contributed by atoms with Gasteiger partial charge in [-0.25, -0.2) is 0 Å². The molecule has 0 spiro atoms. The largest absolute Gasteiger partial charge is 0.506 e. The number of carbonyl (C=O) groups excluding carboxylic acids is 3. The summed E-state index contributed by atoms with van der Waals surface area (Å²) in [6.07, 6.45) is 33.4. The quantitative estimate of drug-likeness (QED) is 0.0450. The third-order valence-electron chi connectivity index (χ3n) is 16.6. The molecule has 4 rings (SSSR count). The molecule has 8 nitrogen and oxygen atoms in total. The summed E-state index contributed by atoms with van der Waals surface area (Å²) in [4.78, 5) is 50.4. The summed E-state index contributed by atoms with van der Waals surface area (Å²) in [5, 5.41) is 18.9. The number of ketones is 1. The summed E-state index contributed by atoms with van der Waals surface area (Å²) >= 11 is 3.66. The van der Waals surface area contributed by atoms with Crippen LogP contribution in [0.5, 0.6) is 0 Å². The monoisotopic (exact) mass is 1060 g/mol. The number of carbonyl (C=O) groups is 3. The predicted octanol–water partition coefficient (Wildman–Crippen LogP) is 17.8. The average molecular weight is 1060 g/mol. The van der Waals surface area contributed by atoms with E-state index in [1.165, 1.54) is 122 Å². The zero-order chi connectivity index (χ0) is 54.3. The second-order valence-corrected chi connectivity index (χ2v) is 25.6. The highest BCUT2D eigenvalue weighted by molar-refractivity contribution is 7.99. The second-order valence-electron chi connectivity index (χ2n) is 23.1. The van der Waals surface area contributed by atoms with Crippen LogP contribution in [0.25, 0.3) is 5.57 Å². The molecule has 3 aliphatic rings. The van der Waals surface area contributed by atoms with Crippen molar-refractivity contribution in [1.29, 1.82) is 0 Å². The number of aliphatic hydroxyl groups excluding tert-OH is 1. The number of benzene rings is 1. The number of anilines is 2. The lowest BCUT2D eigenvalue weighted by Gasteiger charge is -2.35. The number of hydrogen-bond donors (Lipinski definition) is 3. The molecule has 0 saturated heterocycles. The van der Waals surface area contributed by atoms with Crippen molar-refractivity contribution in [2.45, 2.75) is 267 Å². The minimum atomic E-state index is -0.308. The van der Waals surface area contributed by atoms with Crippen molar-refractivity contribution >= 4 is 63.8 Å². The van der Waals surface area contributed by atoms with Gasteiger partial charge in [0.2, 0.25) is 17.6 Å². The Labute approximate surface area is 460 Å². The molecule has 1 aliphatic heterocycles. The van der Waals surface area contributed by atoms with Crippen molar-refractivity contribution in [2.24, 2.45) is 10.4 Å². The Morgan fingerprint density at radius 1 is 0.703 bits per heavy atom. The van der Waals surface area contributed by atoms with Gasteiger partial charge in [-0.1, -0.05) is 178 Å². The Morgan fingerprint density at radius 2 is 1.20 bits per heavy atom. The van der Waals surface area contributed by atoms with Gasteiger partial charge in [-0.3, -0.25) is 19.4 Å². The lowest BCUT2D eigenvalue weighted by Crippen LogP contribution is -2.43. The van der Waals surface area contributed by atoms with E-state index in [-0.39, 0.29) is 63.5 Å². The number of thioether (sulfide) groups is 2. The molecule has 3 atom stereocenters. The third kappa shape index (κ3) is 18.2. The Morgan fingerprint density at radius 3 is 1.68 bits per heavy atom. The van der Waals surface area contributed by atoms with Crippen molar-refractivity contribution in [1.82, 2.24) is 5.32 Å². The molecule has 3 unspecified atom stereocenters. The fourth-order valence-electron chi connectivity index (χ4n) is 10.5. The smallest absolute Gasteiger partial charge is 0.225 e. The minimum absolute atomic E-state index is 0.0515. The van der Waals surface area contributed by atoms with E-state index in [0.717, 1.165) is 65.5 Å². The SMILES string of the molecule is CCCCCCCCCCCCSCCC(=O)NC1=CC(=N\C(C)CC)/C(C(C)(C)CC)=CC/1=C1\C(=O)C(c2cc3c(cc2NC(=O)CCSCCCCCCCCCCCC)N(C(C)CC)C(C)C3(C)C)=C1O. The average Bonchev–Trinajstić information content (AvgIpc) is 3.56. The van der Waals surface area contributed by atoms with Gasteiger partial charge in [0.1, 0.15) is 5.76 Å². The summed E-state index contributed by atoms with van der Waals surface area (Å²) in [6.45, 7) is 26.5. The van der Waals surface area contributed by atoms with Crippen LogP contribution in [-0.4, -0.2) is 69.6 Å². The molecule has 2 aliphatic carbocycles. The maximum absolute atomic E-state index is 15.0. The molecular weight excluding hydrogens is 953 g/mol. The summed E-state index contributed by atoms with van der Waals surface area (Å²) < 4.78 is 0. The molecule has 1 heterocycles. The molecule has 416 valence electrons. The fraction of sp³-hybridized carbons (Fsp3) is 0.719. The summed E-state index contributed by atoms with van der Waals surface area (Å²) in [5.41, 5.74) is 5.79. The van der Waals surface area contributed by atoms with Gasteiger partial charge in [0.05, 0.1) is 28.2 Å². The zero-order valence-electron chi connectivity index (χ0n) is 48.9. The number of nitrogens with zero attached hydrogens (tertiary/aromatic N) is 2. The number of aliphatic imine (C=N–C) groups is 1. The Balaban J connectivity index is 1.60. The molecule has 2 amide bonds. The van der Waals surface area contributed by atoms with E-state index in [4.69, 9.17) is 4.99 Å². The van der Waals surface area contributed by atoms with Crippen molar-refractivity contribution in [3.63, 3.8) is 0 Å². The van der Waals surface area contributed by atoms with Crippen molar-refractivity contribution < 1.29 is 19.5 Å². The van der Waals surface area contributed by atoms with Crippen molar-refractivity contribution in [3.05, 3.63) is 63.6 Å². The molecular formula is C64H104N4O4S2. The van der Waals surface area contributed by atoms with Gasteiger partial charge in [-0.2, -0.15) is 23.5 Å². The number of nitrogens with one attached hydrogen (secondary N) is 2. The van der Waals surface area contributed by atoms with E-state index in [2.05, 4.69) is 111 Å². The third-order valence-corrected chi connectivity index (χ3v) is 18.7. The highest BCUT2D eigenvalue weighted by Crippen LogP contribution is 2.52. The van der Waals surface area contributed by atoms with E-state index in [9.17, 15) is 14.7 Å². The normalized spacial score (nSPS) is 18.9. The van der Waals surface area contributed by atoms with Crippen LogP contribution in [-0.2, 0) is 19.8 Å². The summed E-state index contributed by atoms with van der Waals surface area (Å²) in [5.74, 6) is 2.87. The van der Waals surface area contributed by atoms with Crippen LogP contribution in [0.3, 0.4) is 0 Å². The lowest BCUT2D eigenvalue weighted by atomic mass is 9.72. The first-order valence-corrected chi connectivity index (χ1v) is 32.3. The summed E-state index contributed by atoms with van der Waals surface area (Å²) in [6, 6.07) is 4.58. The summed E-state index contributed by atoms with van der Waals surface area (Å²) in [7, 11) is 0. The van der Waals surface area contributed by atoms with Gasteiger partial charge in [-0.05, 0) is 105 Å². The molecule has 0 saturated carbocycles. The Bertz CT molecular complexity index is 2130. The highest BCUT2D eigenvalue weighted by atomic mass is 32.2. The maximum atomic E-state index is 15.0. The minimum Gasteiger partial charge on any atom is -0.506 e.